The Kier molecular flexibility index (Phi) is 8.95. The lowest BCUT2D eigenvalue weighted by Gasteiger charge is -2.13. The molecular formula is C15H26N2O3. The number of hydrogen-bond acceptors (Lipinski definition) is 5. The molecule has 0 radical (unpaired) electrons. The van der Waals surface area contributed by atoms with Gasteiger partial charge in [-0.1, -0.05) is 13.0 Å². The molecule has 1 unspecified atom stereocenters. The molecule has 1 atom stereocenters. The summed E-state index contributed by atoms with van der Waals surface area (Å²) in [6, 6.07) is 4.25. The van der Waals surface area contributed by atoms with Crippen molar-refractivity contribution in [3.63, 3.8) is 0 Å². The van der Waals surface area contributed by atoms with Gasteiger partial charge in [0.2, 0.25) is 5.88 Å². The third-order valence-corrected chi connectivity index (χ3v) is 2.87. The maximum Gasteiger partial charge on any atom is 0.213 e. The molecule has 0 fully saturated rings. The summed E-state index contributed by atoms with van der Waals surface area (Å²) in [6.07, 6.45) is 2.98. The van der Waals surface area contributed by atoms with Crippen LogP contribution in [0.4, 0.5) is 0 Å². The first kappa shape index (κ1) is 16.9. The lowest BCUT2D eigenvalue weighted by Crippen LogP contribution is -2.19. The highest BCUT2D eigenvalue weighted by Crippen LogP contribution is 2.14. The summed E-state index contributed by atoms with van der Waals surface area (Å²) in [4.78, 5) is 4.30. The molecule has 114 valence electrons. The van der Waals surface area contributed by atoms with Crippen molar-refractivity contribution in [3.8, 4) is 5.88 Å². The molecule has 20 heavy (non-hydrogen) atoms. The third-order valence-electron chi connectivity index (χ3n) is 2.87. The highest BCUT2D eigenvalue weighted by molar-refractivity contribution is 5.20. The highest BCUT2D eigenvalue weighted by Gasteiger charge is 2.04. The Labute approximate surface area is 121 Å². The molecule has 5 nitrogen and oxygen atoms in total. The van der Waals surface area contributed by atoms with Crippen molar-refractivity contribution in [1.82, 2.24) is 10.3 Å². The maximum absolute atomic E-state index is 5.50. The summed E-state index contributed by atoms with van der Waals surface area (Å²) < 4.78 is 15.7. The van der Waals surface area contributed by atoms with E-state index in [0.717, 1.165) is 13.0 Å². The van der Waals surface area contributed by atoms with Crippen molar-refractivity contribution in [2.24, 2.45) is 0 Å². The van der Waals surface area contributed by atoms with Crippen molar-refractivity contribution in [1.29, 1.82) is 0 Å². The Balaban J connectivity index is 2.24. The molecule has 0 amide bonds. The molecule has 5 heteroatoms. The Hall–Kier alpha value is -1.17. The van der Waals surface area contributed by atoms with Crippen LogP contribution < -0.4 is 10.1 Å². The van der Waals surface area contributed by atoms with E-state index >= 15 is 0 Å². The number of rotatable bonds is 11. The van der Waals surface area contributed by atoms with Gasteiger partial charge in [0, 0.05) is 25.4 Å². The molecule has 1 rings (SSSR count). The van der Waals surface area contributed by atoms with Crippen molar-refractivity contribution in [3.05, 3.63) is 23.9 Å². The average molecular weight is 282 g/mol. The van der Waals surface area contributed by atoms with E-state index < -0.39 is 0 Å². The van der Waals surface area contributed by atoms with Gasteiger partial charge in [-0.25, -0.2) is 4.98 Å². The molecule has 0 saturated heterocycles. The number of aromatic nitrogens is 1. The molecule has 1 N–H and O–H groups in total. The van der Waals surface area contributed by atoms with Crippen LogP contribution in [0.2, 0.25) is 0 Å². The normalized spacial score (nSPS) is 12.3. The van der Waals surface area contributed by atoms with Gasteiger partial charge in [0.1, 0.15) is 6.61 Å². The van der Waals surface area contributed by atoms with Gasteiger partial charge in [0.15, 0.2) is 0 Å². The number of nitrogens with one attached hydrogen (secondary N) is 1. The zero-order valence-electron chi connectivity index (χ0n) is 12.7. The Morgan fingerprint density at radius 2 is 2.00 bits per heavy atom. The average Bonchev–Trinajstić information content (AvgIpc) is 2.49. The van der Waals surface area contributed by atoms with Gasteiger partial charge in [-0.2, -0.15) is 0 Å². The van der Waals surface area contributed by atoms with E-state index in [9.17, 15) is 0 Å². The van der Waals surface area contributed by atoms with E-state index in [-0.39, 0.29) is 0 Å². The van der Waals surface area contributed by atoms with E-state index in [1.165, 1.54) is 5.56 Å². The van der Waals surface area contributed by atoms with Gasteiger partial charge in [0.05, 0.1) is 19.8 Å². The minimum absolute atomic E-state index is 0.314. The second-order valence-corrected chi connectivity index (χ2v) is 4.56. The zero-order valence-corrected chi connectivity index (χ0v) is 12.7. The number of hydrogen-bond donors (Lipinski definition) is 1. The summed E-state index contributed by atoms with van der Waals surface area (Å²) in [5.41, 5.74) is 1.17. The predicted molar refractivity (Wildman–Crippen MR) is 79.1 cm³/mol. The van der Waals surface area contributed by atoms with Gasteiger partial charge in [0.25, 0.3) is 0 Å². The Bertz CT molecular complexity index is 343. The van der Waals surface area contributed by atoms with E-state index in [1.54, 1.807) is 7.11 Å². The summed E-state index contributed by atoms with van der Waals surface area (Å²) >= 11 is 0. The van der Waals surface area contributed by atoms with Gasteiger partial charge < -0.3 is 19.5 Å². The number of ether oxygens (including phenoxy) is 3. The lowest BCUT2D eigenvalue weighted by molar-refractivity contribution is 0.0537. The topological polar surface area (TPSA) is 52.6 Å². The van der Waals surface area contributed by atoms with Crippen LogP contribution in [0.15, 0.2) is 18.3 Å². The van der Waals surface area contributed by atoms with Crippen molar-refractivity contribution < 1.29 is 14.2 Å². The molecule has 1 aromatic heterocycles. The molecule has 1 heterocycles. The van der Waals surface area contributed by atoms with Crippen LogP contribution in [0, 0.1) is 0 Å². The quantitative estimate of drug-likeness (QED) is 0.630. The van der Waals surface area contributed by atoms with Crippen LogP contribution in [0.5, 0.6) is 5.88 Å². The van der Waals surface area contributed by atoms with Crippen molar-refractivity contribution >= 4 is 0 Å². The lowest BCUT2D eigenvalue weighted by atomic mass is 10.1. The summed E-state index contributed by atoms with van der Waals surface area (Å²) in [5.74, 6) is 0.631. The first-order valence-electron chi connectivity index (χ1n) is 7.16. The fourth-order valence-electron chi connectivity index (χ4n) is 1.66. The zero-order chi connectivity index (χ0) is 14.6. The molecular weight excluding hydrogens is 256 g/mol. The van der Waals surface area contributed by atoms with Crippen molar-refractivity contribution in [2.75, 3.05) is 40.1 Å². The van der Waals surface area contributed by atoms with E-state index in [0.29, 0.717) is 38.3 Å². The summed E-state index contributed by atoms with van der Waals surface area (Å²) in [5, 5.41) is 3.43. The molecule has 0 spiro atoms. The fourth-order valence-corrected chi connectivity index (χ4v) is 1.66. The van der Waals surface area contributed by atoms with Gasteiger partial charge >= 0.3 is 0 Å². The maximum atomic E-state index is 5.50. The SMILES string of the molecule is CCCNC(C)c1ccc(OCCOCCOC)nc1. The second kappa shape index (κ2) is 10.6. The number of pyridine rings is 1. The van der Waals surface area contributed by atoms with E-state index in [1.807, 2.05) is 18.3 Å². The summed E-state index contributed by atoms with van der Waals surface area (Å²) in [7, 11) is 1.65. The molecule has 0 bridgehead atoms. The Morgan fingerprint density at radius 3 is 2.65 bits per heavy atom. The predicted octanol–water partition coefficient (Wildman–Crippen LogP) is 2.18. The van der Waals surface area contributed by atoms with E-state index in [2.05, 4.69) is 24.1 Å². The standard InChI is InChI=1S/C15H26N2O3/c1-4-7-16-13(2)14-5-6-15(17-12-14)20-11-10-19-9-8-18-3/h5-6,12-13,16H,4,7-11H2,1-3H3. The molecule has 0 saturated carbocycles. The minimum atomic E-state index is 0.314. The molecule has 0 aliphatic rings. The first-order chi connectivity index (χ1) is 9.77. The van der Waals surface area contributed by atoms with Crippen LogP contribution in [0.1, 0.15) is 31.9 Å². The van der Waals surface area contributed by atoms with Crippen LogP contribution in [0.25, 0.3) is 0 Å². The van der Waals surface area contributed by atoms with Crippen LogP contribution >= 0.6 is 0 Å². The number of nitrogens with zero attached hydrogens (tertiary/aromatic N) is 1. The molecule has 0 aliphatic heterocycles. The molecule has 1 aromatic rings. The number of methoxy groups -OCH3 is 1. The van der Waals surface area contributed by atoms with Crippen LogP contribution in [-0.4, -0.2) is 45.1 Å². The van der Waals surface area contributed by atoms with Gasteiger partial charge in [-0.05, 0) is 25.5 Å². The summed E-state index contributed by atoms with van der Waals surface area (Å²) in [6.45, 7) is 7.54. The third kappa shape index (κ3) is 6.84. The van der Waals surface area contributed by atoms with E-state index in [4.69, 9.17) is 14.2 Å². The molecule has 0 aliphatic carbocycles. The first-order valence-corrected chi connectivity index (χ1v) is 7.16. The second-order valence-electron chi connectivity index (χ2n) is 4.56. The smallest absolute Gasteiger partial charge is 0.213 e. The molecule has 0 aromatic carbocycles. The highest BCUT2D eigenvalue weighted by atomic mass is 16.5. The van der Waals surface area contributed by atoms with Gasteiger partial charge in [-0.3, -0.25) is 0 Å². The minimum Gasteiger partial charge on any atom is -0.475 e. The monoisotopic (exact) mass is 282 g/mol. The largest absolute Gasteiger partial charge is 0.475 e. The fraction of sp³-hybridized carbons (Fsp3) is 0.667. The van der Waals surface area contributed by atoms with Gasteiger partial charge in [-0.15, -0.1) is 0 Å². The van der Waals surface area contributed by atoms with Crippen LogP contribution in [-0.2, 0) is 9.47 Å². The Morgan fingerprint density at radius 1 is 1.20 bits per heavy atom. The van der Waals surface area contributed by atoms with Crippen LogP contribution in [0.3, 0.4) is 0 Å². The van der Waals surface area contributed by atoms with Crippen molar-refractivity contribution in [2.45, 2.75) is 26.3 Å².